The molecule has 0 radical (unpaired) electrons. The second kappa shape index (κ2) is 6.38. The Morgan fingerprint density at radius 2 is 2.28 bits per heavy atom. The van der Waals surface area contributed by atoms with E-state index in [0.29, 0.717) is 0 Å². The van der Waals surface area contributed by atoms with Crippen LogP contribution in [0.3, 0.4) is 0 Å². The fourth-order valence-electron chi connectivity index (χ4n) is 1.65. The summed E-state index contributed by atoms with van der Waals surface area (Å²) in [6.45, 7) is 0. The third-order valence-electron chi connectivity index (χ3n) is 2.61. The molecule has 4 nitrogen and oxygen atoms in total. The molecule has 0 aliphatic rings. The van der Waals surface area contributed by atoms with Crippen molar-refractivity contribution in [3.8, 4) is 0 Å². The third-order valence-corrected chi connectivity index (χ3v) is 4.73. The molecular weight excluding hydrogens is 312 g/mol. The lowest BCUT2D eigenvalue weighted by Gasteiger charge is -2.15. The van der Waals surface area contributed by atoms with E-state index in [9.17, 15) is 0 Å². The van der Waals surface area contributed by atoms with E-state index in [4.69, 9.17) is 5.84 Å². The molecule has 0 aliphatic carbocycles. The number of hydrogen-bond donors (Lipinski definition) is 2. The Morgan fingerprint density at radius 1 is 1.50 bits per heavy atom. The van der Waals surface area contributed by atoms with Crippen LogP contribution in [0.25, 0.3) is 0 Å². The van der Waals surface area contributed by atoms with Crippen molar-refractivity contribution in [1.82, 2.24) is 15.0 Å². The summed E-state index contributed by atoms with van der Waals surface area (Å²) in [7, 11) is 1.97. The molecule has 0 spiro atoms. The van der Waals surface area contributed by atoms with Gasteiger partial charge in [-0.25, -0.2) is 10.4 Å². The highest BCUT2D eigenvalue weighted by molar-refractivity contribution is 9.10. The van der Waals surface area contributed by atoms with E-state index in [1.165, 1.54) is 4.90 Å². The summed E-state index contributed by atoms with van der Waals surface area (Å²) in [5, 5.41) is 0. The van der Waals surface area contributed by atoms with Gasteiger partial charge in [0.25, 0.3) is 0 Å². The normalized spacial score (nSPS) is 12.6. The molecular formula is C12H15BrN4S. The number of nitrogens with one attached hydrogen (secondary N) is 1. The number of nitrogens with zero attached hydrogens (tertiary/aromatic N) is 2. The van der Waals surface area contributed by atoms with E-state index in [1.54, 1.807) is 18.0 Å². The summed E-state index contributed by atoms with van der Waals surface area (Å²) in [6, 6.07) is 8.18. The highest BCUT2D eigenvalue weighted by Crippen LogP contribution is 2.29. The molecule has 1 atom stereocenters. The Hall–Kier alpha value is -0.820. The molecule has 0 amide bonds. The van der Waals surface area contributed by atoms with Gasteiger partial charge < -0.3 is 4.57 Å². The maximum atomic E-state index is 5.61. The predicted molar refractivity (Wildman–Crippen MR) is 78.1 cm³/mol. The van der Waals surface area contributed by atoms with Crippen LogP contribution < -0.4 is 11.3 Å². The van der Waals surface area contributed by atoms with Gasteiger partial charge in [0.15, 0.2) is 0 Å². The second-order valence-electron chi connectivity index (χ2n) is 3.86. The monoisotopic (exact) mass is 326 g/mol. The molecule has 2 aromatic rings. The van der Waals surface area contributed by atoms with Crippen molar-refractivity contribution in [2.45, 2.75) is 10.9 Å². The molecule has 0 saturated heterocycles. The first-order valence-electron chi connectivity index (χ1n) is 5.53. The third kappa shape index (κ3) is 3.14. The van der Waals surface area contributed by atoms with Crippen molar-refractivity contribution >= 4 is 27.7 Å². The van der Waals surface area contributed by atoms with Gasteiger partial charge in [0.1, 0.15) is 5.82 Å². The van der Waals surface area contributed by atoms with Gasteiger partial charge in [0.2, 0.25) is 0 Å². The minimum atomic E-state index is 0.0297. The molecule has 18 heavy (non-hydrogen) atoms. The highest BCUT2D eigenvalue weighted by atomic mass is 79.9. The zero-order valence-electron chi connectivity index (χ0n) is 10.0. The van der Waals surface area contributed by atoms with Crippen LogP contribution in [0.1, 0.15) is 11.9 Å². The zero-order chi connectivity index (χ0) is 13.0. The molecule has 1 unspecified atom stereocenters. The molecule has 1 heterocycles. The minimum absolute atomic E-state index is 0.0297. The van der Waals surface area contributed by atoms with E-state index in [0.717, 1.165) is 16.0 Å². The van der Waals surface area contributed by atoms with Crippen LogP contribution in [-0.4, -0.2) is 15.3 Å². The van der Waals surface area contributed by atoms with Gasteiger partial charge in [-0.2, -0.15) is 0 Å². The molecule has 0 bridgehead atoms. The van der Waals surface area contributed by atoms with Crippen LogP contribution in [0.2, 0.25) is 0 Å². The summed E-state index contributed by atoms with van der Waals surface area (Å²) >= 11 is 5.28. The van der Waals surface area contributed by atoms with Crippen LogP contribution in [-0.2, 0) is 7.05 Å². The fourth-order valence-corrected chi connectivity index (χ4v) is 3.25. The number of nitrogens with two attached hydrogens (primary N) is 1. The zero-order valence-corrected chi connectivity index (χ0v) is 12.4. The topological polar surface area (TPSA) is 55.9 Å². The number of hydrazine groups is 1. The molecule has 0 fully saturated rings. The molecule has 1 aromatic heterocycles. The number of thioether (sulfide) groups is 1. The lowest BCUT2D eigenvalue weighted by molar-refractivity contribution is 0.557. The summed E-state index contributed by atoms with van der Waals surface area (Å²) in [5.74, 6) is 7.37. The van der Waals surface area contributed by atoms with Crippen molar-refractivity contribution in [3.05, 3.63) is 47.0 Å². The summed E-state index contributed by atoms with van der Waals surface area (Å²) in [6.07, 6.45) is 3.70. The number of imidazole rings is 1. The van der Waals surface area contributed by atoms with Gasteiger partial charge in [0.05, 0.1) is 6.04 Å². The first-order chi connectivity index (χ1) is 8.72. The summed E-state index contributed by atoms with van der Waals surface area (Å²) < 4.78 is 3.08. The number of halogens is 1. The minimum Gasteiger partial charge on any atom is -0.337 e. The lowest BCUT2D eigenvalue weighted by atomic mass is 10.3. The van der Waals surface area contributed by atoms with Crippen molar-refractivity contribution < 1.29 is 0 Å². The molecule has 0 saturated carbocycles. The number of rotatable bonds is 5. The van der Waals surface area contributed by atoms with Crippen molar-refractivity contribution in [3.63, 3.8) is 0 Å². The quantitative estimate of drug-likeness (QED) is 0.503. The van der Waals surface area contributed by atoms with E-state index >= 15 is 0 Å². The van der Waals surface area contributed by atoms with E-state index in [2.05, 4.69) is 32.4 Å². The van der Waals surface area contributed by atoms with Gasteiger partial charge >= 0.3 is 0 Å². The van der Waals surface area contributed by atoms with Gasteiger partial charge in [-0.1, -0.05) is 12.1 Å². The molecule has 6 heteroatoms. The first-order valence-corrected chi connectivity index (χ1v) is 7.31. The first kappa shape index (κ1) is 13.6. The van der Waals surface area contributed by atoms with Gasteiger partial charge in [-0.05, 0) is 28.1 Å². The maximum absolute atomic E-state index is 5.61. The largest absolute Gasteiger partial charge is 0.337 e. The average molecular weight is 327 g/mol. The summed E-state index contributed by atoms with van der Waals surface area (Å²) in [5.41, 5.74) is 2.82. The van der Waals surface area contributed by atoms with Crippen molar-refractivity contribution in [1.29, 1.82) is 0 Å². The maximum Gasteiger partial charge on any atom is 0.127 e. The van der Waals surface area contributed by atoms with E-state index in [-0.39, 0.29) is 6.04 Å². The Kier molecular flexibility index (Phi) is 4.82. The lowest BCUT2D eigenvalue weighted by Crippen LogP contribution is -2.31. The van der Waals surface area contributed by atoms with Crippen molar-refractivity contribution in [2.75, 3.05) is 5.75 Å². The summed E-state index contributed by atoms with van der Waals surface area (Å²) in [4.78, 5) is 5.52. The van der Waals surface area contributed by atoms with Gasteiger partial charge in [-0.15, -0.1) is 11.8 Å². The van der Waals surface area contributed by atoms with E-state index in [1.807, 2.05) is 36.0 Å². The number of aryl methyl sites for hydroxylation is 1. The number of hydrogen-bond acceptors (Lipinski definition) is 4. The molecule has 96 valence electrons. The van der Waals surface area contributed by atoms with Crippen LogP contribution in [0.15, 0.2) is 46.0 Å². The fraction of sp³-hybridized carbons (Fsp3) is 0.250. The Bertz CT molecular complexity index is 514. The van der Waals surface area contributed by atoms with Gasteiger partial charge in [-0.3, -0.25) is 5.84 Å². The van der Waals surface area contributed by atoms with Crippen LogP contribution >= 0.6 is 27.7 Å². The Balaban J connectivity index is 2.05. The Morgan fingerprint density at radius 3 is 2.89 bits per heavy atom. The Labute approximate surface area is 119 Å². The number of aromatic nitrogens is 2. The van der Waals surface area contributed by atoms with Crippen LogP contribution in [0, 0.1) is 0 Å². The van der Waals surface area contributed by atoms with Crippen LogP contribution in [0.4, 0.5) is 0 Å². The molecule has 1 aromatic carbocycles. The molecule has 3 N–H and O–H groups in total. The predicted octanol–water partition coefficient (Wildman–Crippen LogP) is 2.48. The molecule has 0 aliphatic heterocycles. The SMILES string of the molecule is Cn1ccnc1C(CSc1ccccc1Br)NN. The highest BCUT2D eigenvalue weighted by Gasteiger charge is 2.15. The smallest absolute Gasteiger partial charge is 0.127 e. The second-order valence-corrected chi connectivity index (χ2v) is 5.77. The van der Waals surface area contributed by atoms with Gasteiger partial charge in [0, 0.05) is 34.6 Å². The average Bonchev–Trinajstić information content (AvgIpc) is 2.79. The van der Waals surface area contributed by atoms with Crippen LogP contribution in [0.5, 0.6) is 0 Å². The number of benzene rings is 1. The van der Waals surface area contributed by atoms with E-state index < -0.39 is 0 Å². The molecule has 2 rings (SSSR count). The standard InChI is InChI=1S/C12H15BrN4S/c1-17-7-6-15-12(17)10(16-14)8-18-11-5-3-2-4-9(11)13/h2-7,10,16H,8,14H2,1H3. The van der Waals surface area contributed by atoms with Crippen molar-refractivity contribution in [2.24, 2.45) is 12.9 Å².